The lowest BCUT2D eigenvalue weighted by Gasteiger charge is -2.23. The Bertz CT molecular complexity index is 321. The fourth-order valence-electron chi connectivity index (χ4n) is 1.33. The summed E-state index contributed by atoms with van der Waals surface area (Å²) in [6.45, 7) is 10.00. The highest BCUT2D eigenvalue weighted by molar-refractivity contribution is 6.11. The number of esters is 1. The van der Waals surface area contributed by atoms with Gasteiger partial charge in [-0.3, -0.25) is 14.4 Å². The zero-order valence-corrected chi connectivity index (χ0v) is 11.5. The predicted octanol–water partition coefficient (Wildman–Crippen LogP) is 2.29. The molecule has 0 radical (unpaired) electrons. The molecule has 0 aliphatic heterocycles. The van der Waals surface area contributed by atoms with Crippen LogP contribution in [0, 0.1) is 5.41 Å². The molecule has 4 nitrogen and oxygen atoms in total. The Kier molecular flexibility index (Phi) is 5.05. The summed E-state index contributed by atoms with van der Waals surface area (Å²) in [7, 11) is 0. The quantitative estimate of drug-likeness (QED) is 0.548. The maximum atomic E-state index is 11.8. The number of rotatable bonds is 5. The third kappa shape index (κ3) is 5.11. The second kappa shape index (κ2) is 5.43. The fraction of sp³-hybridized carbons (Fsp3) is 0.769. The van der Waals surface area contributed by atoms with E-state index in [4.69, 9.17) is 4.74 Å². The molecule has 98 valence electrons. The molecular formula is C13H22O4. The van der Waals surface area contributed by atoms with Crippen molar-refractivity contribution in [2.75, 3.05) is 0 Å². The SMILES string of the molecule is CCC(=O)C(C)(C)C(=O)CC(=O)OC(C)(C)C. The molecule has 0 bridgehead atoms. The van der Waals surface area contributed by atoms with E-state index in [9.17, 15) is 14.4 Å². The fourth-order valence-corrected chi connectivity index (χ4v) is 1.33. The molecule has 0 atom stereocenters. The van der Waals surface area contributed by atoms with Gasteiger partial charge in [-0.15, -0.1) is 0 Å². The van der Waals surface area contributed by atoms with Crippen molar-refractivity contribution in [3.05, 3.63) is 0 Å². The minimum absolute atomic E-state index is 0.161. The first-order valence-corrected chi connectivity index (χ1v) is 5.79. The molecule has 0 N–H and O–H groups in total. The van der Waals surface area contributed by atoms with Crippen molar-refractivity contribution in [1.82, 2.24) is 0 Å². The van der Waals surface area contributed by atoms with Crippen molar-refractivity contribution in [2.24, 2.45) is 5.41 Å². The zero-order valence-electron chi connectivity index (χ0n) is 11.5. The smallest absolute Gasteiger partial charge is 0.313 e. The Morgan fingerprint density at radius 1 is 0.941 bits per heavy atom. The van der Waals surface area contributed by atoms with Crippen LogP contribution in [0.2, 0.25) is 0 Å². The second-order valence-corrected chi connectivity index (χ2v) is 5.59. The van der Waals surface area contributed by atoms with Crippen LogP contribution >= 0.6 is 0 Å². The molecule has 0 aromatic rings. The van der Waals surface area contributed by atoms with Crippen molar-refractivity contribution in [2.45, 2.75) is 60.0 Å². The molecule has 0 rings (SSSR count). The van der Waals surface area contributed by atoms with Crippen LogP contribution in [-0.4, -0.2) is 23.1 Å². The maximum absolute atomic E-state index is 11.8. The van der Waals surface area contributed by atoms with Crippen LogP contribution in [0.4, 0.5) is 0 Å². The first-order valence-electron chi connectivity index (χ1n) is 5.79. The van der Waals surface area contributed by atoms with Crippen molar-refractivity contribution >= 4 is 17.5 Å². The van der Waals surface area contributed by atoms with E-state index < -0.39 is 22.8 Å². The first-order chi connectivity index (χ1) is 7.50. The lowest BCUT2D eigenvalue weighted by molar-refractivity contribution is -0.157. The summed E-state index contributed by atoms with van der Waals surface area (Å²) in [5.41, 5.74) is -1.72. The zero-order chi connectivity index (χ0) is 13.9. The molecule has 17 heavy (non-hydrogen) atoms. The molecule has 0 unspecified atom stereocenters. The van der Waals surface area contributed by atoms with Crippen LogP contribution in [0.1, 0.15) is 54.4 Å². The van der Waals surface area contributed by atoms with Gasteiger partial charge < -0.3 is 4.74 Å². The number of hydrogen-bond donors (Lipinski definition) is 0. The normalized spacial score (nSPS) is 12.1. The van der Waals surface area contributed by atoms with E-state index in [0.717, 1.165) is 0 Å². The molecule has 0 heterocycles. The second-order valence-electron chi connectivity index (χ2n) is 5.59. The lowest BCUT2D eigenvalue weighted by Crippen LogP contribution is -2.36. The highest BCUT2D eigenvalue weighted by Gasteiger charge is 2.35. The highest BCUT2D eigenvalue weighted by atomic mass is 16.6. The standard InChI is InChI=1S/C13H22O4/c1-7-9(14)13(5,6)10(15)8-11(16)17-12(2,3)4/h7-8H2,1-6H3. The van der Waals surface area contributed by atoms with Gasteiger partial charge in [0.05, 0.1) is 5.41 Å². The van der Waals surface area contributed by atoms with Crippen LogP contribution in [0.25, 0.3) is 0 Å². The van der Waals surface area contributed by atoms with Crippen molar-refractivity contribution in [3.63, 3.8) is 0 Å². The van der Waals surface area contributed by atoms with E-state index in [0.29, 0.717) is 0 Å². The monoisotopic (exact) mass is 242 g/mol. The van der Waals surface area contributed by atoms with Gasteiger partial charge in [0.15, 0.2) is 5.78 Å². The molecule has 0 saturated heterocycles. The van der Waals surface area contributed by atoms with Crippen molar-refractivity contribution in [3.8, 4) is 0 Å². The van der Waals surface area contributed by atoms with Gasteiger partial charge in [-0.25, -0.2) is 0 Å². The van der Waals surface area contributed by atoms with Gasteiger partial charge in [-0.2, -0.15) is 0 Å². The van der Waals surface area contributed by atoms with Crippen molar-refractivity contribution in [1.29, 1.82) is 0 Å². The number of ether oxygens (including phenoxy) is 1. The number of Topliss-reactive ketones (excluding diaryl/α,β-unsaturated/α-hetero) is 2. The van der Waals surface area contributed by atoms with E-state index in [1.807, 2.05) is 0 Å². The Morgan fingerprint density at radius 2 is 1.41 bits per heavy atom. The van der Waals surface area contributed by atoms with Gasteiger partial charge in [0.1, 0.15) is 17.8 Å². The Balaban J connectivity index is 4.56. The van der Waals surface area contributed by atoms with E-state index in [2.05, 4.69) is 0 Å². The maximum Gasteiger partial charge on any atom is 0.313 e. The third-order valence-electron chi connectivity index (χ3n) is 2.44. The molecule has 0 aromatic carbocycles. The van der Waals surface area contributed by atoms with Crippen LogP contribution in [0.3, 0.4) is 0 Å². The minimum Gasteiger partial charge on any atom is -0.460 e. The Morgan fingerprint density at radius 3 is 1.76 bits per heavy atom. The summed E-state index contributed by atoms with van der Waals surface area (Å²) >= 11 is 0. The van der Waals surface area contributed by atoms with Gasteiger partial charge in [-0.1, -0.05) is 6.92 Å². The molecule has 0 aliphatic carbocycles. The number of carbonyl (C=O) groups is 3. The molecule has 0 saturated carbocycles. The van der Waals surface area contributed by atoms with E-state index in [1.54, 1.807) is 41.5 Å². The largest absolute Gasteiger partial charge is 0.460 e. The molecule has 0 amide bonds. The summed E-state index contributed by atoms with van der Waals surface area (Å²) in [6, 6.07) is 0. The van der Waals surface area contributed by atoms with Crippen LogP contribution < -0.4 is 0 Å². The molecule has 4 heteroatoms. The van der Waals surface area contributed by atoms with Gasteiger partial charge in [0, 0.05) is 6.42 Å². The Labute approximate surface area is 103 Å². The minimum atomic E-state index is -1.11. The number of carbonyl (C=O) groups excluding carboxylic acids is 3. The summed E-state index contributed by atoms with van der Waals surface area (Å²) < 4.78 is 5.05. The van der Waals surface area contributed by atoms with Crippen LogP contribution in [0.5, 0.6) is 0 Å². The molecule has 0 spiro atoms. The lowest BCUT2D eigenvalue weighted by atomic mass is 9.81. The topological polar surface area (TPSA) is 60.4 Å². The van der Waals surface area contributed by atoms with Gasteiger partial charge in [0.2, 0.25) is 0 Å². The number of ketones is 2. The summed E-state index contributed by atoms with van der Waals surface area (Å²) in [5.74, 6) is -1.14. The van der Waals surface area contributed by atoms with E-state index in [-0.39, 0.29) is 18.6 Å². The predicted molar refractivity (Wildman–Crippen MR) is 64.5 cm³/mol. The van der Waals surface area contributed by atoms with Crippen LogP contribution in [-0.2, 0) is 19.1 Å². The molecule has 0 aliphatic rings. The van der Waals surface area contributed by atoms with E-state index in [1.165, 1.54) is 0 Å². The summed E-state index contributed by atoms with van der Waals surface area (Å²) in [4.78, 5) is 34.9. The van der Waals surface area contributed by atoms with Gasteiger partial charge >= 0.3 is 5.97 Å². The Hall–Kier alpha value is -1.19. The average molecular weight is 242 g/mol. The first kappa shape index (κ1) is 15.8. The number of hydrogen-bond acceptors (Lipinski definition) is 4. The molecule has 0 fully saturated rings. The summed E-state index contributed by atoms with van der Waals surface area (Å²) in [6.07, 6.45) is -0.0664. The average Bonchev–Trinajstić information content (AvgIpc) is 2.12. The van der Waals surface area contributed by atoms with Gasteiger partial charge in [-0.05, 0) is 34.6 Å². The van der Waals surface area contributed by atoms with Crippen LogP contribution in [0.15, 0.2) is 0 Å². The third-order valence-corrected chi connectivity index (χ3v) is 2.44. The summed E-state index contributed by atoms with van der Waals surface area (Å²) in [5, 5.41) is 0. The molecule has 0 aromatic heterocycles. The molecular weight excluding hydrogens is 220 g/mol. The van der Waals surface area contributed by atoms with Crippen molar-refractivity contribution < 1.29 is 19.1 Å². The van der Waals surface area contributed by atoms with Gasteiger partial charge in [0.25, 0.3) is 0 Å². The highest BCUT2D eigenvalue weighted by Crippen LogP contribution is 2.22. The van der Waals surface area contributed by atoms with E-state index >= 15 is 0 Å².